The third-order valence-electron chi connectivity index (χ3n) is 4.60. The maximum absolute atomic E-state index is 12.8. The molecule has 2 aromatic carbocycles. The summed E-state index contributed by atoms with van der Waals surface area (Å²) in [6, 6.07) is 14.9. The van der Waals surface area contributed by atoms with Crippen molar-refractivity contribution in [1.29, 1.82) is 0 Å². The van der Waals surface area contributed by atoms with Gasteiger partial charge in [-0.3, -0.25) is 9.59 Å². The zero-order valence-electron chi connectivity index (χ0n) is 15.8. The number of H-pyrrole nitrogens is 1. The van der Waals surface area contributed by atoms with Gasteiger partial charge in [0, 0.05) is 28.0 Å². The van der Waals surface area contributed by atoms with Gasteiger partial charge in [-0.1, -0.05) is 41.9 Å². The summed E-state index contributed by atoms with van der Waals surface area (Å²) in [6.07, 6.45) is 1.83. The molecule has 0 saturated heterocycles. The Morgan fingerprint density at radius 1 is 0.964 bits per heavy atom. The zero-order chi connectivity index (χ0) is 20.1. The lowest BCUT2D eigenvalue weighted by Gasteiger charge is -2.24. The van der Waals surface area contributed by atoms with Crippen molar-refractivity contribution < 1.29 is 19.1 Å². The Morgan fingerprint density at radius 2 is 1.57 bits per heavy atom. The van der Waals surface area contributed by atoms with Crippen LogP contribution in [-0.2, 0) is 19.1 Å². The predicted molar refractivity (Wildman–Crippen MR) is 108 cm³/mol. The first kappa shape index (κ1) is 20.0. The second-order valence-corrected chi connectivity index (χ2v) is 6.74. The van der Waals surface area contributed by atoms with Crippen LogP contribution in [0.2, 0.25) is 5.02 Å². The average molecular weight is 400 g/mol. The fourth-order valence-corrected chi connectivity index (χ4v) is 3.53. The molecule has 3 aromatic rings. The number of aromatic amines is 1. The SMILES string of the molecule is CCOC(=O)C(C(=O)OCC)[C@@H](c1ccc(Cl)cc1)c1c[nH]c2ccccc12. The number of esters is 2. The number of hydrogen-bond donors (Lipinski definition) is 1. The van der Waals surface area contributed by atoms with Gasteiger partial charge in [0.1, 0.15) is 0 Å². The number of hydrogen-bond acceptors (Lipinski definition) is 4. The van der Waals surface area contributed by atoms with Crippen LogP contribution in [0.1, 0.15) is 30.9 Å². The highest BCUT2D eigenvalue weighted by Crippen LogP contribution is 2.38. The van der Waals surface area contributed by atoms with Crippen LogP contribution in [0.25, 0.3) is 10.9 Å². The standard InChI is InChI=1S/C22H22ClNO4/c1-3-27-21(25)20(22(26)28-4-2)19(14-9-11-15(23)12-10-14)17-13-24-18-8-6-5-7-16(17)18/h5-13,19-20,24H,3-4H2,1-2H3/t19-/m0/s1. The Labute approximate surface area is 168 Å². The molecular formula is C22H22ClNO4. The van der Waals surface area contributed by atoms with E-state index in [2.05, 4.69) is 4.98 Å². The van der Waals surface area contributed by atoms with E-state index >= 15 is 0 Å². The minimum absolute atomic E-state index is 0.177. The quantitative estimate of drug-likeness (QED) is 0.462. The van der Waals surface area contributed by atoms with Gasteiger partial charge in [0.2, 0.25) is 0 Å². The first-order valence-corrected chi connectivity index (χ1v) is 9.59. The average Bonchev–Trinajstić information content (AvgIpc) is 3.11. The third kappa shape index (κ3) is 4.04. The van der Waals surface area contributed by atoms with Crippen molar-refractivity contribution in [3.05, 3.63) is 70.9 Å². The molecule has 28 heavy (non-hydrogen) atoms. The van der Waals surface area contributed by atoms with Gasteiger partial charge in [-0.15, -0.1) is 0 Å². The molecule has 3 rings (SSSR count). The molecule has 146 valence electrons. The Morgan fingerprint density at radius 3 is 2.18 bits per heavy atom. The van der Waals surface area contributed by atoms with E-state index in [9.17, 15) is 9.59 Å². The Hall–Kier alpha value is -2.79. The van der Waals surface area contributed by atoms with Crippen molar-refractivity contribution in [3.8, 4) is 0 Å². The van der Waals surface area contributed by atoms with Gasteiger partial charge in [0.05, 0.1) is 13.2 Å². The maximum Gasteiger partial charge on any atom is 0.321 e. The Balaban J connectivity index is 2.19. The van der Waals surface area contributed by atoms with Crippen molar-refractivity contribution in [1.82, 2.24) is 4.98 Å². The highest BCUT2D eigenvalue weighted by Gasteiger charge is 2.40. The van der Waals surface area contributed by atoms with Crippen LogP contribution in [0, 0.1) is 5.92 Å². The highest BCUT2D eigenvalue weighted by molar-refractivity contribution is 6.30. The van der Waals surface area contributed by atoms with E-state index < -0.39 is 23.8 Å². The van der Waals surface area contributed by atoms with Crippen LogP contribution in [0.4, 0.5) is 0 Å². The molecule has 0 fully saturated rings. The van der Waals surface area contributed by atoms with Crippen molar-refractivity contribution in [2.45, 2.75) is 19.8 Å². The topological polar surface area (TPSA) is 68.4 Å². The molecule has 0 unspecified atom stereocenters. The predicted octanol–water partition coefficient (Wildman–Crippen LogP) is 4.70. The van der Waals surface area contributed by atoms with E-state index in [1.165, 1.54) is 0 Å². The molecule has 0 amide bonds. The van der Waals surface area contributed by atoms with Crippen molar-refractivity contribution in [2.24, 2.45) is 5.92 Å². The minimum atomic E-state index is -1.12. The highest BCUT2D eigenvalue weighted by atomic mass is 35.5. The summed E-state index contributed by atoms with van der Waals surface area (Å²) in [4.78, 5) is 28.8. The fourth-order valence-electron chi connectivity index (χ4n) is 3.41. The van der Waals surface area contributed by atoms with Gasteiger partial charge in [0.25, 0.3) is 0 Å². The van der Waals surface area contributed by atoms with E-state index in [-0.39, 0.29) is 13.2 Å². The lowest BCUT2D eigenvalue weighted by molar-refractivity contribution is -0.162. The largest absolute Gasteiger partial charge is 0.465 e. The molecule has 0 spiro atoms. The lowest BCUT2D eigenvalue weighted by Crippen LogP contribution is -2.34. The van der Waals surface area contributed by atoms with E-state index in [1.807, 2.05) is 42.6 Å². The molecule has 1 N–H and O–H groups in total. The van der Waals surface area contributed by atoms with Crippen molar-refractivity contribution in [3.63, 3.8) is 0 Å². The second kappa shape index (κ2) is 8.93. The van der Waals surface area contributed by atoms with Gasteiger partial charge in [-0.05, 0) is 43.2 Å². The van der Waals surface area contributed by atoms with Gasteiger partial charge < -0.3 is 14.5 Å². The van der Waals surface area contributed by atoms with Gasteiger partial charge in [-0.2, -0.15) is 0 Å². The fraction of sp³-hybridized carbons (Fsp3) is 0.273. The maximum atomic E-state index is 12.8. The number of ether oxygens (including phenoxy) is 2. The number of rotatable bonds is 7. The number of carbonyl (C=O) groups is 2. The lowest BCUT2D eigenvalue weighted by atomic mass is 9.80. The number of carbonyl (C=O) groups excluding carboxylic acids is 2. The van der Waals surface area contributed by atoms with Crippen molar-refractivity contribution >= 4 is 34.4 Å². The second-order valence-electron chi connectivity index (χ2n) is 6.30. The van der Waals surface area contributed by atoms with Gasteiger partial charge >= 0.3 is 11.9 Å². The number of nitrogens with one attached hydrogen (secondary N) is 1. The molecule has 1 atom stereocenters. The Bertz CT molecular complexity index is 946. The van der Waals surface area contributed by atoms with Crippen LogP contribution in [-0.4, -0.2) is 30.1 Å². The molecule has 5 nitrogen and oxygen atoms in total. The molecular weight excluding hydrogens is 378 g/mol. The van der Waals surface area contributed by atoms with E-state index in [0.717, 1.165) is 22.0 Å². The molecule has 0 aliphatic rings. The molecule has 0 aliphatic carbocycles. The molecule has 1 heterocycles. The smallest absolute Gasteiger partial charge is 0.321 e. The van der Waals surface area contributed by atoms with E-state index in [1.54, 1.807) is 26.0 Å². The molecule has 0 saturated carbocycles. The molecule has 6 heteroatoms. The summed E-state index contributed by atoms with van der Waals surface area (Å²) < 4.78 is 10.5. The summed E-state index contributed by atoms with van der Waals surface area (Å²) in [6.45, 7) is 3.78. The summed E-state index contributed by atoms with van der Waals surface area (Å²) in [5, 5.41) is 1.51. The van der Waals surface area contributed by atoms with Crippen LogP contribution >= 0.6 is 11.6 Å². The summed E-state index contributed by atoms with van der Waals surface area (Å²) in [7, 11) is 0. The summed E-state index contributed by atoms with van der Waals surface area (Å²) in [5.74, 6) is -2.91. The van der Waals surface area contributed by atoms with Crippen LogP contribution in [0.3, 0.4) is 0 Å². The summed E-state index contributed by atoms with van der Waals surface area (Å²) in [5.41, 5.74) is 2.52. The van der Waals surface area contributed by atoms with Crippen LogP contribution in [0.15, 0.2) is 54.7 Å². The number of fused-ring (bicyclic) bond motifs is 1. The monoisotopic (exact) mass is 399 g/mol. The van der Waals surface area contributed by atoms with Gasteiger partial charge in [0.15, 0.2) is 5.92 Å². The first-order valence-electron chi connectivity index (χ1n) is 9.21. The molecule has 0 bridgehead atoms. The Kier molecular flexibility index (Phi) is 6.37. The number of para-hydroxylation sites is 1. The minimum Gasteiger partial charge on any atom is -0.465 e. The van der Waals surface area contributed by atoms with Crippen LogP contribution < -0.4 is 0 Å². The molecule has 0 aliphatic heterocycles. The summed E-state index contributed by atoms with van der Waals surface area (Å²) >= 11 is 6.05. The number of aromatic nitrogens is 1. The van der Waals surface area contributed by atoms with Crippen LogP contribution in [0.5, 0.6) is 0 Å². The number of halogens is 1. The normalized spacial score (nSPS) is 12.1. The molecule has 1 aromatic heterocycles. The third-order valence-corrected chi connectivity index (χ3v) is 4.85. The van der Waals surface area contributed by atoms with Crippen molar-refractivity contribution in [2.75, 3.05) is 13.2 Å². The van der Waals surface area contributed by atoms with E-state index in [4.69, 9.17) is 21.1 Å². The van der Waals surface area contributed by atoms with E-state index in [0.29, 0.717) is 5.02 Å². The molecule has 0 radical (unpaired) electrons. The zero-order valence-corrected chi connectivity index (χ0v) is 16.5. The number of benzene rings is 2. The first-order chi connectivity index (χ1) is 13.6. The van der Waals surface area contributed by atoms with Gasteiger partial charge in [-0.25, -0.2) is 0 Å².